The van der Waals surface area contributed by atoms with Gasteiger partial charge in [-0.2, -0.15) is 0 Å². The topological polar surface area (TPSA) is 55.4 Å². The molecule has 0 aliphatic carbocycles. The minimum Gasteiger partial charge on any atom is -0.492 e. The van der Waals surface area contributed by atoms with Crippen LogP contribution in [0.15, 0.2) is 51.8 Å². The Labute approximate surface area is 157 Å². The first-order valence-electron chi connectivity index (χ1n) is 8.36. The summed E-state index contributed by atoms with van der Waals surface area (Å²) in [6.45, 7) is 4.62. The van der Waals surface area contributed by atoms with Gasteiger partial charge in [0.1, 0.15) is 12.4 Å². The average molecular weight is 424 g/mol. The van der Waals surface area contributed by atoms with Gasteiger partial charge in [0, 0.05) is 4.47 Å². The molecule has 1 aliphatic rings. The Kier molecular flexibility index (Phi) is 5.51. The van der Waals surface area contributed by atoms with Crippen LogP contribution in [0.25, 0.3) is 0 Å². The number of hydrogen-bond acceptors (Lipinski definition) is 3. The smallest absolute Gasteiger partial charge is 0.240 e. The van der Waals surface area contributed by atoms with E-state index < -0.39 is 10.0 Å². The van der Waals surface area contributed by atoms with Gasteiger partial charge in [-0.05, 0) is 60.2 Å². The quantitative estimate of drug-likeness (QED) is 0.792. The molecular formula is C19H22BrNO3S. The zero-order valence-electron chi connectivity index (χ0n) is 14.3. The lowest BCUT2D eigenvalue weighted by Gasteiger charge is -2.26. The second-order valence-corrected chi connectivity index (χ2v) is 9.46. The number of sulfonamides is 1. The molecule has 1 heterocycles. The Hall–Kier alpha value is -1.37. The largest absolute Gasteiger partial charge is 0.492 e. The van der Waals surface area contributed by atoms with Crippen molar-refractivity contribution < 1.29 is 13.2 Å². The first-order chi connectivity index (χ1) is 11.8. The summed E-state index contributed by atoms with van der Waals surface area (Å²) in [5.74, 6) is 1.36. The van der Waals surface area contributed by atoms with E-state index in [9.17, 15) is 8.42 Å². The zero-order chi connectivity index (χ0) is 18.0. The van der Waals surface area contributed by atoms with Gasteiger partial charge in [0.05, 0.1) is 10.9 Å². The van der Waals surface area contributed by atoms with E-state index in [0.717, 1.165) is 27.8 Å². The van der Waals surface area contributed by atoms with E-state index in [0.29, 0.717) is 23.8 Å². The summed E-state index contributed by atoms with van der Waals surface area (Å²) in [4.78, 5) is 0.292. The minimum absolute atomic E-state index is 0.276. The highest BCUT2D eigenvalue weighted by molar-refractivity contribution is 9.10. The highest BCUT2D eigenvalue weighted by atomic mass is 79.9. The Morgan fingerprint density at radius 2 is 1.92 bits per heavy atom. The molecule has 1 atom stereocenters. The second kappa shape index (κ2) is 7.48. The van der Waals surface area contributed by atoms with Crippen molar-refractivity contribution in [3.05, 3.63) is 58.1 Å². The number of fused-ring (bicyclic) bond motifs is 1. The second-order valence-electron chi connectivity index (χ2n) is 6.83. The molecule has 1 N–H and O–H groups in total. The van der Waals surface area contributed by atoms with E-state index in [1.807, 2.05) is 30.3 Å². The highest BCUT2D eigenvalue weighted by Gasteiger charge is 2.25. The van der Waals surface area contributed by atoms with Gasteiger partial charge in [-0.3, -0.25) is 0 Å². The number of benzene rings is 2. The summed E-state index contributed by atoms with van der Waals surface area (Å²) in [5, 5.41) is 0. The van der Waals surface area contributed by atoms with Gasteiger partial charge < -0.3 is 4.74 Å². The molecule has 0 amide bonds. The van der Waals surface area contributed by atoms with Crippen LogP contribution in [0, 0.1) is 5.92 Å². The van der Waals surface area contributed by atoms with E-state index in [-0.39, 0.29) is 6.04 Å². The van der Waals surface area contributed by atoms with Crippen LogP contribution in [0.5, 0.6) is 5.75 Å². The third kappa shape index (κ3) is 4.63. The van der Waals surface area contributed by atoms with Gasteiger partial charge >= 0.3 is 0 Å². The van der Waals surface area contributed by atoms with Crippen molar-refractivity contribution in [2.24, 2.45) is 5.92 Å². The van der Waals surface area contributed by atoms with Crippen LogP contribution in [0.4, 0.5) is 0 Å². The number of hydrogen-bond donors (Lipinski definition) is 1. The highest BCUT2D eigenvalue weighted by Crippen LogP contribution is 2.28. The SMILES string of the molecule is CC(C)Cc1ccc(S(=O)(=O)N[C@H]2COc3ccc(Br)cc3C2)cc1. The predicted molar refractivity (Wildman–Crippen MR) is 102 cm³/mol. The molecule has 0 saturated carbocycles. The molecule has 1 aliphatic heterocycles. The molecule has 0 bridgehead atoms. The summed E-state index contributed by atoms with van der Waals surface area (Å²) in [5.41, 5.74) is 2.15. The van der Waals surface area contributed by atoms with Crippen molar-refractivity contribution in [2.45, 2.75) is 37.6 Å². The summed E-state index contributed by atoms with van der Waals surface area (Å²) < 4.78 is 34.7. The molecule has 4 nitrogen and oxygen atoms in total. The molecule has 0 spiro atoms. The van der Waals surface area contributed by atoms with Crippen LogP contribution in [0.3, 0.4) is 0 Å². The summed E-state index contributed by atoms with van der Waals surface area (Å²) in [7, 11) is -3.56. The number of rotatable bonds is 5. The fraction of sp³-hybridized carbons (Fsp3) is 0.368. The monoisotopic (exact) mass is 423 g/mol. The van der Waals surface area contributed by atoms with Crippen molar-refractivity contribution in [1.82, 2.24) is 4.72 Å². The number of ether oxygens (including phenoxy) is 1. The maximum Gasteiger partial charge on any atom is 0.240 e. The maximum absolute atomic E-state index is 12.6. The van der Waals surface area contributed by atoms with Crippen molar-refractivity contribution >= 4 is 26.0 Å². The molecular weight excluding hydrogens is 402 g/mol. The van der Waals surface area contributed by atoms with Gasteiger partial charge in [0.2, 0.25) is 10.0 Å². The van der Waals surface area contributed by atoms with E-state index >= 15 is 0 Å². The van der Waals surface area contributed by atoms with E-state index in [1.54, 1.807) is 12.1 Å². The van der Waals surface area contributed by atoms with Crippen LogP contribution in [-0.2, 0) is 22.9 Å². The van der Waals surface area contributed by atoms with Gasteiger partial charge in [0.15, 0.2) is 0 Å². The molecule has 0 radical (unpaired) electrons. The predicted octanol–water partition coefficient (Wildman–Crippen LogP) is 3.93. The standard InChI is InChI=1S/C19H22BrNO3S/c1-13(2)9-14-3-6-18(7-4-14)25(22,23)21-17-11-15-10-16(20)5-8-19(15)24-12-17/h3-8,10,13,17,21H,9,11-12H2,1-2H3/t17-/m1/s1. The minimum atomic E-state index is -3.56. The number of halogens is 1. The Bertz CT molecular complexity index is 847. The normalized spacial score (nSPS) is 17.2. The lowest BCUT2D eigenvalue weighted by molar-refractivity contribution is 0.254. The summed E-state index contributed by atoms with van der Waals surface area (Å²) in [6, 6.07) is 12.6. The molecule has 0 fully saturated rings. The Morgan fingerprint density at radius 3 is 2.60 bits per heavy atom. The first-order valence-corrected chi connectivity index (χ1v) is 10.6. The van der Waals surface area contributed by atoms with E-state index in [4.69, 9.17) is 4.74 Å². The molecule has 0 unspecified atom stereocenters. The van der Waals surface area contributed by atoms with Gasteiger partial charge in [0.25, 0.3) is 0 Å². The van der Waals surface area contributed by atoms with Gasteiger partial charge in [-0.25, -0.2) is 13.1 Å². The van der Waals surface area contributed by atoms with Gasteiger partial charge in [-0.15, -0.1) is 0 Å². The van der Waals surface area contributed by atoms with Crippen molar-refractivity contribution in [1.29, 1.82) is 0 Å². The average Bonchev–Trinajstić information content (AvgIpc) is 2.54. The van der Waals surface area contributed by atoms with Crippen molar-refractivity contribution in [3.8, 4) is 5.75 Å². The lowest BCUT2D eigenvalue weighted by Crippen LogP contribution is -2.42. The first kappa shape index (κ1) is 18.4. The van der Waals surface area contributed by atoms with E-state index in [1.165, 1.54) is 0 Å². The summed E-state index contributed by atoms with van der Waals surface area (Å²) >= 11 is 3.44. The fourth-order valence-corrected chi connectivity index (χ4v) is 4.63. The third-order valence-corrected chi connectivity index (χ3v) is 6.16. The van der Waals surface area contributed by atoms with Crippen LogP contribution in [-0.4, -0.2) is 21.1 Å². The van der Waals surface area contributed by atoms with E-state index in [2.05, 4.69) is 34.5 Å². The lowest BCUT2D eigenvalue weighted by atomic mass is 10.0. The molecule has 0 saturated heterocycles. The fourth-order valence-electron chi connectivity index (χ4n) is 3.00. The molecule has 6 heteroatoms. The zero-order valence-corrected chi connectivity index (χ0v) is 16.7. The summed E-state index contributed by atoms with van der Waals surface area (Å²) in [6.07, 6.45) is 1.55. The van der Waals surface area contributed by atoms with Crippen LogP contribution in [0.2, 0.25) is 0 Å². The molecule has 3 rings (SSSR count). The van der Waals surface area contributed by atoms with Crippen LogP contribution < -0.4 is 9.46 Å². The number of nitrogens with one attached hydrogen (secondary N) is 1. The Balaban J connectivity index is 1.71. The van der Waals surface area contributed by atoms with Crippen molar-refractivity contribution in [2.75, 3.05) is 6.61 Å². The van der Waals surface area contributed by atoms with Crippen LogP contribution in [0.1, 0.15) is 25.0 Å². The maximum atomic E-state index is 12.6. The molecule has 0 aromatic heterocycles. The van der Waals surface area contributed by atoms with Crippen LogP contribution >= 0.6 is 15.9 Å². The third-order valence-electron chi connectivity index (χ3n) is 4.13. The van der Waals surface area contributed by atoms with Gasteiger partial charge in [-0.1, -0.05) is 41.9 Å². The molecule has 134 valence electrons. The Morgan fingerprint density at radius 1 is 1.20 bits per heavy atom. The molecule has 25 heavy (non-hydrogen) atoms. The van der Waals surface area contributed by atoms with Crippen molar-refractivity contribution in [3.63, 3.8) is 0 Å². The molecule has 2 aromatic carbocycles. The molecule has 2 aromatic rings.